The fourth-order valence-electron chi connectivity index (χ4n) is 12.6. The fraction of sp³-hybridized carbons (Fsp3) is 0.333. The lowest BCUT2D eigenvalue weighted by atomic mass is 9.32. The third-order valence-electron chi connectivity index (χ3n) is 17.0. The third kappa shape index (κ3) is 6.48. The molecule has 0 saturated heterocycles. The zero-order valence-electron chi connectivity index (χ0n) is 41.8. The second-order valence-corrected chi connectivity index (χ2v) is 25.5. The van der Waals surface area contributed by atoms with Gasteiger partial charge in [0.25, 0.3) is 6.71 Å². The fourth-order valence-corrected chi connectivity index (χ4v) is 13.8. The van der Waals surface area contributed by atoms with Crippen LogP contribution in [0.25, 0.3) is 31.3 Å². The first-order chi connectivity index (χ1) is 31.7. The summed E-state index contributed by atoms with van der Waals surface area (Å²) in [7, 11) is 0. The van der Waals surface area contributed by atoms with Crippen molar-refractivity contribution in [1.82, 2.24) is 0 Å². The van der Waals surface area contributed by atoms with E-state index in [-0.39, 0.29) is 33.8 Å². The Morgan fingerprint density at radius 1 is 0.463 bits per heavy atom. The molecular formula is C63H65BN2S. The highest BCUT2D eigenvalue weighted by atomic mass is 32.1. The zero-order valence-corrected chi connectivity index (χ0v) is 42.6. The molecule has 2 aliphatic heterocycles. The van der Waals surface area contributed by atoms with Crippen molar-refractivity contribution in [3.05, 3.63) is 161 Å². The summed E-state index contributed by atoms with van der Waals surface area (Å²) in [6.07, 6.45) is 4.72. The predicted molar refractivity (Wildman–Crippen MR) is 293 cm³/mol. The molecule has 4 aliphatic rings. The van der Waals surface area contributed by atoms with Crippen LogP contribution in [0.3, 0.4) is 0 Å². The van der Waals surface area contributed by atoms with Gasteiger partial charge in [0.2, 0.25) is 0 Å². The van der Waals surface area contributed by atoms with E-state index in [9.17, 15) is 0 Å². The summed E-state index contributed by atoms with van der Waals surface area (Å²) in [5, 5.41) is 2.68. The first-order valence-electron chi connectivity index (χ1n) is 25.0. The van der Waals surface area contributed by atoms with E-state index in [1.165, 1.54) is 141 Å². The lowest BCUT2D eigenvalue weighted by molar-refractivity contribution is 0.332. The van der Waals surface area contributed by atoms with Crippen LogP contribution in [0.1, 0.15) is 135 Å². The van der Waals surface area contributed by atoms with Gasteiger partial charge in [-0.1, -0.05) is 143 Å². The molecule has 8 aromatic rings. The monoisotopic (exact) mass is 892 g/mol. The molecule has 0 fully saturated rings. The average Bonchev–Trinajstić information content (AvgIpc) is 3.66. The minimum atomic E-state index is 0.0558. The summed E-state index contributed by atoms with van der Waals surface area (Å²) in [6.45, 7) is 29.2. The predicted octanol–water partition coefficient (Wildman–Crippen LogP) is 16.1. The second kappa shape index (κ2) is 14.2. The first kappa shape index (κ1) is 42.8. The maximum Gasteiger partial charge on any atom is 0.252 e. The first-order valence-corrected chi connectivity index (χ1v) is 25.8. The van der Waals surface area contributed by atoms with Crippen LogP contribution in [-0.4, -0.2) is 6.71 Å². The molecule has 12 rings (SSSR count). The van der Waals surface area contributed by atoms with E-state index in [1.807, 2.05) is 11.3 Å². The van der Waals surface area contributed by atoms with Crippen LogP contribution in [0, 0.1) is 6.92 Å². The molecule has 67 heavy (non-hydrogen) atoms. The molecule has 0 radical (unpaired) electrons. The highest BCUT2D eigenvalue weighted by Crippen LogP contribution is 2.53. The number of thiophene rings is 1. The van der Waals surface area contributed by atoms with Crippen molar-refractivity contribution in [3.8, 4) is 11.1 Å². The Morgan fingerprint density at radius 2 is 0.970 bits per heavy atom. The molecule has 0 amide bonds. The Morgan fingerprint density at radius 3 is 1.54 bits per heavy atom. The van der Waals surface area contributed by atoms with Crippen LogP contribution in [0.2, 0.25) is 0 Å². The number of hydrogen-bond acceptors (Lipinski definition) is 3. The Balaban J connectivity index is 1.15. The average molecular weight is 893 g/mol. The van der Waals surface area contributed by atoms with Gasteiger partial charge in [0.1, 0.15) is 0 Å². The summed E-state index contributed by atoms with van der Waals surface area (Å²) in [4.78, 5) is 5.31. The van der Waals surface area contributed by atoms with Gasteiger partial charge in [-0.05, 0) is 181 Å². The van der Waals surface area contributed by atoms with Gasteiger partial charge < -0.3 is 9.80 Å². The van der Waals surface area contributed by atoms with Crippen molar-refractivity contribution < 1.29 is 0 Å². The molecule has 0 saturated carbocycles. The largest absolute Gasteiger partial charge is 0.311 e. The van der Waals surface area contributed by atoms with Gasteiger partial charge in [0, 0.05) is 54.3 Å². The van der Waals surface area contributed by atoms with E-state index in [2.05, 4.69) is 220 Å². The maximum atomic E-state index is 2.70. The SMILES string of the molecule is Cc1cc2c3c(c1)N(c1cccc(-c4ccc5c(c4)sc4ccccc45)c1)c1cc4c(cc1B3c1cc3c(cc1N2c1ccc(C(C)(C)C)cc1)C(C)(C)CCC3(C)C)C(C)(C)CCC4(C)C. The number of benzene rings is 7. The van der Waals surface area contributed by atoms with Crippen molar-refractivity contribution in [2.24, 2.45) is 0 Å². The Bertz CT molecular complexity index is 3370. The summed E-state index contributed by atoms with van der Waals surface area (Å²) >= 11 is 1.90. The van der Waals surface area contributed by atoms with Crippen LogP contribution in [0.15, 0.2) is 127 Å². The van der Waals surface area contributed by atoms with Gasteiger partial charge in [0.05, 0.1) is 0 Å². The smallest absolute Gasteiger partial charge is 0.252 e. The van der Waals surface area contributed by atoms with Gasteiger partial charge in [-0.25, -0.2) is 0 Å². The molecule has 0 N–H and O–H groups in total. The molecule has 4 heteroatoms. The highest BCUT2D eigenvalue weighted by Gasteiger charge is 2.48. The second-order valence-electron chi connectivity index (χ2n) is 24.4. The Kier molecular flexibility index (Phi) is 9.09. The van der Waals surface area contributed by atoms with Crippen LogP contribution < -0.4 is 26.2 Å². The quantitative estimate of drug-likeness (QED) is 0.163. The molecule has 0 atom stereocenters. The third-order valence-corrected chi connectivity index (χ3v) is 18.1. The highest BCUT2D eigenvalue weighted by molar-refractivity contribution is 7.25. The number of hydrogen-bond donors (Lipinski definition) is 0. The van der Waals surface area contributed by atoms with Crippen LogP contribution in [0.5, 0.6) is 0 Å². The van der Waals surface area contributed by atoms with E-state index in [1.54, 1.807) is 0 Å². The number of fused-ring (bicyclic) bond motifs is 9. The van der Waals surface area contributed by atoms with Crippen LogP contribution in [-0.2, 0) is 27.1 Å². The topological polar surface area (TPSA) is 6.48 Å². The molecule has 7 aromatic carbocycles. The van der Waals surface area contributed by atoms with Gasteiger partial charge in [0.15, 0.2) is 0 Å². The molecule has 0 spiro atoms. The molecule has 336 valence electrons. The number of nitrogens with zero attached hydrogens (tertiary/aromatic N) is 2. The van der Waals surface area contributed by atoms with Crippen molar-refractivity contribution >= 4 is 88.7 Å². The van der Waals surface area contributed by atoms with Crippen molar-refractivity contribution in [1.29, 1.82) is 0 Å². The Labute approximate surface area is 404 Å². The summed E-state index contributed by atoms with van der Waals surface area (Å²) in [6, 6.07) is 50.5. The maximum absolute atomic E-state index is 2.70. The van der Waals surface area contributed by atoms with Crippen molar-refractivity contribution in [2.45, 2.75) is 136 Å². The molecule has 1 aromatic heterocycles. The van der Waals surface area contributed by atoms with Gasteiger partial charge >= 0.3 is 0 Å². The van der Waals surface area contributed by atoms with Gasteiger partial charge in [-0.2, -0.15) is 0 Å². The summed E-state index contributed by atoms with van der Waals surface area (Å²) in [5.41, 5.74) is 23.4. The molecule has 3 heterocycles. The lowest BCUT2D eigenvalue weighted by Gasteiger charge is -2.49. The normalized spacial score (nSPS) is 18.3. The van der Waals surface area contributed by atoms with Crippen LogP contribution in [0.4, 0.5) is 34.1 Å². The van der Waals surface area contributed by atoms with Gasteiger partial charge in [-0.15, -0.1) is 11.3 Å². The molecular weight excluding hydrogens is 828 g/mol. The lowest BCUT2D eigenvalue weighted by Crippen LogP contribution is -2.62. The standard InChI is InChI=1S/C63H65BN2S/c1-38-30-54-58-55(31-38)66(43-17-15-16-39(32-43)40-20-25-45-44-18-13-14-19-56(44)67-57(45)33-40)53-37-49-47(61(7,8)27-29-63(49,11)12)35-51(53)64(58)50-34-46-48(62(9,10)28-26-60(46,5)6)36-52(50)65(54)42-23-21-41(22-24-42)59(2,3)4/h13-25,30-37H,26-29H2,1-12H3. The van der Waals surface area contributed by atoms with E-state index >= 15 is 0 Å². The molecule has 0 bridgehead atoms. The number of aryl methyl sites for hydroxylation is 1. The van der Waals surface area contributed by atoms with E-state index < -0.39 is 0 Å². The van der Waals surface area contributed by atoms with Gasteiger partial charge in [-0.3, -0.25) is 0 Å². The minimum absolute atomic E-state index is 0.0558. The number of rotatable bonds is 3. The van der Waals surface area contributed by atoms with E-state index in [0.717, 1.165) is 0 Å². The minimum Gasteiger partial charge on any atom is -0.311 e. The van der Waals surface area contributed by atoms with Crippen molar-refractivity contribution in [3.63, 3.8) is 0 Å². The van der Waals surface area contributed by atoms with E-state index in [4.69, 9.17) is 0 Å². The van der Waals surface area contributed by atoms with Crippen LogP contribution >= 0.6 is 11.3 Å². The molecule has 2 nitrogen and oxygen atoms in total. The van der Waals surface area contributed by atoms with Crippen molar-refractivity contribution in [2.75, 3.05) is 9.80 Å². The van der Waals surface area contributed by atoms with E-state index in [0.29, 0.717) is 0 Å². The molecule has 0 unspecified atom stereocenters. The number of anilines is 6. The summed E-state index contributed by atoms with van der Waals surface area (Å²) in [5.74, 6) is 0. The summed E-state index contributed by atoms with van der Waals surface area (Å²) < 4.78 is 2.68. The molecule has 2 aliphatic carbocycles. The zero-order chi connectivity index (χ0) is 46.7. The Hall–Kier alpha value is -5.58.